The molecule has 1 amide bonds. The lowest BCUT2D eigenvalue weighted by Gasteiger charge is -2.41. The van der Waals surface area contributed by atoms with Crippen LogP contribution in [0.4, 0.5) is 27.7 Å². The standard InChI is InChI=1S/C31H38FN7O4S/c1-4-30(40)37-11-8-21(17-37)22-5-6-26(39-15-20(16-39)19-44(3,41)42)24-14-34-29(13-23(22)24)35-28-7-10-33-31(36-28)38-12-9-27(43-2)25(32)18-38/h4-7,10,13-14,20-21,25,27H,1,8-9,11-12,15-19H2,2-3H3,(H,33,34,35,36)/t21-,25-,27+/m0/s1. The molecule has 3 saturated heterocycles. The highest BCUT2D eigenvalue weighted by molar-refractivity contribution is 7.90. The topological polar surface area (TPSA) is 121 Å². The van der Waals surface area contributed by atoms with Crippen molar-refractivity contribution in [3.05, 3.63) is 54.9 Å². The minimum atomic E-state index is -3.04. The molecule has 13 heteroatoms. The second kappa shape index (κ2) is 12.3. The summed E-state index contributed by atoms with van der Waals surface area (Å²) in [6.07, 6.45) is 5.97. The van der Waals surface area contributed by atoms with Crippen LogP contribution in [0.15, 0.2) is 49.3 Å². The molecule has 1 aromatic carbocycles. The Hall–Kier alpha value is -3.84. The van der Waals surface area contributed by atoms with Crippen LogP contribution in [-0.2, 0) is 19.4 Å². The Balaban J connectivity index is 1.28. The summed E-state index contributed by atoms with van der Waals surface area (Å²) in [5, 5.41) is 5.29. The summed E-state index contributed by atoms with van der Waals surface area (Å²) < 4.78 is 43.4. The lowest BCUT2D eigenvalue weighted by atomic mass is 9.91. The Morgan fingerprint density at radius 3 is 2.64 bits per heavy atom. The van der Waals surface area contributed by atoms with Crippen molar-refractivity contribution in [3.63, 3.8) is 0 Å². The molecule has 0 saturated carbocycles. The van der Waals surface area contributed by atoms with E-state index in [4.69, 9.17) is 9.72 Å². The average Bonchev–Trinajstić information content (AvgIpc) is 3.48. The lowest BCUT2D eigenvalue weighted by molar-refractivity contribution is -0.125. The highest BCUT2D eigenvalue weighted by atomic mass is 32.2. The van der Waals surface area contributed by atoms with Gasteiger partial charge in [-0.25, -0.2) is 22.8 Å². The number of carbonyl (C=O) groups is 1. The Morgan fingerprint density at radius 1 is 1.09 bits per heavy atom. The van der Waals surface area contributed by atoms with Gasteiger partial charge in [0, 0.05) is 81.4 Å². The van der Waals surface area contributed by atoms with Gasteiger partial charge in [-0.3, -0.25) is 4.79 Å². The van der Waals surface area contributed by atoms with Crippen molar-refractivity contribution in [2.45, 2.75) is 31.0 Å². The van der Waals surface area contributed by atoms with E-state index in [1.54, 1.807) is 12.3 Å². The molecule has 3 atom stereocenters. The molecule has 0 bridgehead atoms. The van der Waals surface area contributed by atoms with E-state index in [0.29, 0.717) is 56.7 Å². The van der Waals surface area contributed by atoms with Crippen molar-refractivity contribution in [2.24, 2.45) is 5.92 Å². The van der Waals surface area contributed by atoms with Gasteiger partial charge in [-0.15, -0.1) is 0 Å². The predicted molar refractivity (Wildman–Crippen MR) is 169 cm³/mol. The summed E-state index contributed by atoms with van der Waals surface area (Å²) in [7, 11) is -1.51. The number of benzene rings is 1. The predicted octanol–water partition coefficient (Wildman–Crippen LogP) is 3.31. The third-order valence-electron chi connectivity index (χ3n) is 8.83. The minimum absolute atomic E-state index is 0.0694. The molecular weight excluding hydrogens is 585 g/mol. The quantitative estimate of drug-likeness (QED) is 0.356. The number of sulfone groups is 1. The molecule has 3 aliphatic rings. The summed E-state index contributed by atoms with van der Waals surface area (Å²) in [6, 6.07) is 7.96. The number of hydrogen-bond donors (Lipinski definition) is 1. The zero-order valence-electron chi connectivity index (χ0n) is 25.0. The Kier molecular flexibility index (Phi) is 8.42. The number of nitrogens with one attached hydrogen (secondary N) is 1. The SMILES string of the molecule is C=CC(=O)N1CC[C@H](c2ccc(N3CC(CS(C)(=O)=O)C3)c3cnc(Nc4ccnc(N5CC[C@@H](OC)[C@@H](F)C5)n4)cc23)C1. The first kappa shape index (κ1) is 30.2. The number of carbonyl (C=O) groups excluding carboxylic acids is 1. The number of methoxy groups -OCH3 is 1. The second-order valence-electron chi connectivity index (χ2n) is 12.0. The molecule has 0 radical (unpaired) electrons. The minimum Gasteiger partial charge on any atom is -0.378 e. The van der Waals surface area contributed by atoms with Gasteiger partial charge >= 0.3 is 0 Å². The van der Waals surface area contributed by atoms with E-state index < -0.39 is 22.1 Å². The van der Waals surface area contributed by atoms with Gasteiger partial charge in [0.05, 0.1) is 18.4 Å². The molecular formula is C31H38FN7O4S. The van der Waals surface area contributed by atoms with Gasteiger partial charge in [0.1, 0.15) is 27.6 Å². The molecule has 234 valence electrons. The molecule has 0 unspecified atom stereocenters. The fourth-order valence-corrected chi connectivity index (χ4v) is 7.69. The van der Waals surface area contributed by atoms with E-state index in [2.05, 4.69) is 38.9 Å². The third kappa shape index (κ3) is 6.34. The van der Waals surface area contributed by atoms with Gasteiger partial charge in [-0.2, -0.15) is 4.98 Å². The smallest absolute Gasteiger partial charge is 0.245 e. The number of aromatic nitrogens is 3. The van der Waals surface area contributed by atoms with E-state index >= 15 is 0 Å². The van der Waals surface area contributed by atoms with Crippen molar-refractivity contribution in [1.82, 2.24) is 19.9 Å². The van der Waals surface area contributed by atoms with Crippen LogP contribution in [0, 0.1) is 5.92 Å². The molecule has 5 heterocycles. The number of nitrogens with zero attached hydrogens (tertiary/aromatic N) is 6. The van der Waals surface area contributed by atoms with Crippen molar-refractivity contribution in [3.8, 4) is 0 Å². The number of fused-ring (bicyclic) bond motifs is 1. The highest BCUT2D eigenvalue weighted by Gasteiger charge is 2.33. The number of amides is 1. The van der Waals surface area contributed by atoms with Crippen molar-refractivity contribution >= 4 is 49.8 Å². The molecule has 3 fully saturated rings. The first-order valence-corrected chi connectivity index (χ1v) is 17.0. The van der Waals surface area contributed by atoms with Gasteiger partial charge in [0.25, 0.3) is 0 Å². The van der Waals surface area contributed by atoms with Gasteiger partial charge in [-0.05, 0) is 48.1 Å². The normalized spacial score (nSPS) is 22.7. The average molecular weight is 624 g/mol. The molecule has 0 spiro atoms. The van der Waals surface area contributed by atoms with Crippen LogP contribution in [0.3, 0.4) is 0 Å². The van der Waals surface area contributed by atoms with Crippen LogP contribution >= 0.6 is 0 Å². The van der Waals surface area contributed by atoms with E-state index in [1.165, 1.54) is 19.4 Å². The monoisotopic (exact) mass is 623 g/mol. The van der Waals surface area contributed by atoms with Gasteiger partial charge in [0.2, 0.25) is 11.9 Å². The zero-order chi connectivity index (χ0) is 31.0. The van der Waals surface area contributed by atoms with Crippen LogP contribution in [-0.4, -0.2) is 105 Å². The Bertz CT molecular complexity index is 1670. The second-order valence-corrected chi connectivity index (χ2v) is 14.2. The Morgan fingerprint density at radius 2 is 1.91 bits per heavy atom. The largest absolute Gasteiger partial charge is 0.378 e. The van der Waals surface area contributed by atoms with Gasteiger partial charge < -0.3 is 24.8 Å². The van der Waals surface area contributed by atoms with E-state index in [0.717, 1.165) is 28.4 Å². The highest BCUT2D eigenvalue weighted by Crippen LogP contribution is 2.39. The van der Waals surface area contributed by atoms with Crippen LogP contribution < -0.4 is 15.1 Å². The molecule has 3 aromatic rings. The maximum Gasteiger partial charge on any atom is 0.245 e. The van der Waals surface area contributed by atoms with Gasteiger partial charge in [0.15, 0.2) is 0 Å². The summed E-state index contributed by atoms with van der Waals surface area (Å²) in [6.45, 7) is 7.00. The number of hydrogen-bond acceptors (Lipinski definition) is 10. The number of anilines is 4. The number of piperidine rings is 1. The summed E-state index contributed by atoms with van der Waals surface area (Å²) >= 11 is 0. The molecule has 44 heavy (non-hydrogen) atoms. The summed E-state index contributed by atoms with van der Waals surface area (Å²) in [5.41, 5.74) is 2.13. The van der Waals surface area contributed by atoms with Crippen LogP contribution in [0.5, 0.6) is 0 Å². The summed E-state index contributed by atoms with van der Waals surface area (Å²) in [5.74, 6) is 1.93. The number of likely N-dealkylation sites (tertiary alicyclic amines) is 1. The maximum atomic E-state index is 14.5. The number of pyridine rings is 1. The van der Waals surface area contributed by atoms with E-state index in [9.17, 15) is 17.6 Å². The molecule has 2 aromatic heterocycles. The van der Waals surface area contributed by atoms with Crippen molar-refractivity contribution < 1.29 is 22.3 Å². The van der Waals surface area contributed by atoms with Crippen LogP contribution in [0.1, 0.15) is 24.3 Å². The fraction of sp³-hybridized carbons (Fsp3) is 0.484. The molecule has 3 aliphatic heterocycles. The molecule has 6 rings (SSSR count). The molecule has 11 nitrogen and oxygen atoms in total. The number of ether oxygens (including phenoxy) is 1. The van der Waals surface area contributed by atoms with E-state index in [1.807, 2.05) is 22.1 Å². The molecule has 0 aliphatic carbocycles. The summed E-state index contributed by atoms with van der Waals surface area (Å²) in [4.78, 5) is 31.9. The first-order chi connectivity index (χ1) is 21.1. The molecule has 1 N–H and O–H groups in total. The first-order valence-electron chi connectivity index (χ1n) is 14.9. The third-order valence-corrected chi connectivity index (χ3v) is 9.91. The fourth-order valence-electron chi connectivity index (χ4n) is 6.62. The van der Waals surface area contributed by atoms with Crippen molar-refractivity contribution in [2.75, 3.05) is 73.5 Å². The van der Waals surface area contributed by atoms with E-state index in [-0.39, 0.29) is 30.0 Å². The van der Waals surface area contributed by atoms with Crippen molar-refractivity contribution in [1.29, 1.82) is 0 Å². The number of rotatable bonds is 9. The van der Waals surface area contributed by atoms with Crippen LogP contribution in [0.25, 0.3) is 10.8 Å². The zero-order valence-corrected chi connectivity index (χ0v) is 25.8. The van der Waals surface area contributed by atoms with Gasteiger partial charge in [-0.1, -0.05) is 12.6 Å². The Labute approximate surface area is 257 Å². The lowest BCUT2D eigenvalue weighted by Crippen LogP contribution is -2.49. The maximum absolute atomic E-state index is 14.5. The van der Waals surface area contributed by atoms with Crippen LogP contribution in [0.2, 0.25) is 0 Å². The number of halogens is 1. The number of alkyl halides is 1.